The fourth-order valence-corrected chi connectivity index (χ4v) is 3.26. The van der Waals surface area contributed by atoms with Crippen LogP contribution in [0.15, 0.2) is 48.5 Å². The molecule has 0 atom stereocenters. The first kappa shape index (κ1) is 19.6. The van der Waals surface area contributed by atoms with Gasteiger partial charge >= 0.3 is 0 Å². The van der Waals surface area contributed by atoms with Crippen molar-refractivity contribution in [1.82, 2.24) is 4.31 Å². The van der Waals surface area contributed by atoms with Crippen LogP contribution in [0.3, 0.4) is 0 Å². The zero-order valence-electron chi connectivity index (χ0n) is 14.8. The highest BCUT2D eigenvalue weighted by Crippen LogP contribution is 2.13. The number of nitrogens with one attached hydrogen (secondary N) is 1. The Kier molecular flexibility index (Phi) is 6.50. The topological polar surface area (TPSA) is 90.3 Å². The minimum atomic E-state index is -3.44. The lowest BCUT2D eigenvalue weighted by atomic mass is 10.1. The average Bonchev–Trinajstić information content (AvgIpc) is 2.58. The van der Waals surface area contributed by atoms with Crippen molar-refractivity contribution in [2.24, 2.45) is 0 Å². The van der Waals surface area contributed by atoms with Crippen LogP contribution in [0.2, 0.25) is 0 Å². The van der Waals surface area contributed by atoms with E-state index in [9.17, 15) is 13.2 Å². The average molecular weight is 371 g/mol. The molecular weight excluding hydrogens is 350 g/mol. The van der Waals surface area contributed by atoms with E-state index >= 15 is 0 Å². The predicted octanol–water partition coefficient (Wildman–Crippen LogP) is 2.66. The Labute approximate surface area is 154 Å². The molecule has 2 aromatic rings. The van der Waals surface area contributed by atoms with Crippen LogP contribution in [0.4, 0.5) is 5.69 Å². The quantitative estimate of drug-likeness (QED) is 0.810. The Morgan fingerprint density at radius 3 is 2.46 bits per heavy atom. The summed E-state index contributed by atoms with van der Waals surface area (Å²) < 4.78 is 25.3. The number of rotatable bonds is 7. The van der Waals surface area contributed by atoms with Gasteiger partial charge in [0.25, 0.3) is 0 Å². The molecule has 0 saturated carbocycles. The van der Waals surface area contributed by atoms with Crippen LogP contribution < -0.4 is 5.32 Å². The number of hydrogen-bond donors (Lipinski definition) is 1. The summed E-state index contributed by atoms with van der Waals surface area (Å²) in [5.74, 6) is -0.285. The molecular formula is C19H21N3O3S. The van der Waals surface area contributed by atoms with E-state index in [1.165, 1.54) is 4.31 Å². The Hall–Kier alpha value is -2.69. The molecule has 2 rings (SSSR count). The monoisotopic (exact) mass is 371 g/mol. The number of carbonyl (C=O) groups excluding carboxylic acids is 1. The first-order valence-electron chi connectivity index (χ1n) is 8.08. The SMILES string of the molecule is Cc1cccc(CN(CCC(=O)Nc2ccc(C#N)cc2)S(C)(=O)=O)c1. The van der Waals surface area contributed by atoms with Gasteiger partial charge < -0.3 is 5.32 Å². The summed E-state index contributed by atoms with van der Waals surface area (Å²) in [6.45, 7) is 2.26. The van der Waals surface area contributed by atoms with Crippen LogP contribution in [-0.4, -0.2) is 31.4 Å². The normalized spacial score (nSPS) is 11.2. The number of hydrogen-bond acceptors (Lipinski definition) is 4. The van der Waals surface area contributed by atoms with Gasteiger partial charge in [-0.15, -0.1) is 0 Å². The number of carbonyl (C=O) groups is 1. The number of nitrogens with zero attached hydrogens (tertiary/aromatic N) is 2. The zero-order chi connectivity index (χ0) is 19.2. The van der Waals surface area contributed by atoms with Crippen LogP contribution >= 0.6 is 0 Å². The molecule has 0 aromatic heterocycles. The van der Waals surface area contributed by atoms with Gasteiger partial charge in [-0.1, -0.05) is 29.8 Å². The number of anilines is 1. The third-order valence-corrected chi connectivity index (χ3v) is 5.05. The molecule has 0 bridgehead atoms. The second-order valence-electron chi connectivity index (χ2n) is 6.07. The fraction of sp³-hybridized carbons (Fsp3) is 0.263. The third-order valence-electron chi connectivity index (χ3n) is 3.80. The molecule has 1 N–H and O–H groups in total. The maximum atomic E-state index is 12.1. The Morgan fingerprint density at radius 2 is 1.88 bits per heavy atom. The van der Waals surface area contributed by atoms with Crippen molar-refractivity contribution in [3.8, 4) is 6.07 Å². The summed E-state index contributed by atoms with van der Waals surface area (Å²) in [6, 6.07) is 16.1. The van der Waals surface area contributed by atoms with Crippen molar-refractivity contribution >= 4 is 21.6 Å². The lowest BCUT2D eigenvalue weighted by molar-refractivity contribution is -0.116. The van der Waals surface area contributed by atoms with Crippen molar-refractivity contribution < 1.29 is 13.2 Å². The summed E-state index contributed by atoms with van der Waals surface area (Å²) >= 11 is 0. The molecule has 0 radical (unpaired) electrons. The van der Waals surface area contributed by atoms with Gasteiger partial charge in [-0.05, 0) is 36.8 Å². The molecule has 6 nitrogen and oxygen atoms in total. The second-order valence-corrected chi connectivity index (χ2v) is 8.06. The van der Waals surface area contributed by atoms with E-state index in [1.54, 1.807) is 24.3 Å². The van der Waals surface area contributed by atoms with Gasteiger partial charge in [0.1, 0.15) is 0 Å². The van der Waals surface area contributed by atoms with Crippen LogP contribution in [-0.2, 0) is 21.4 Å². The van der Waals surface area contributed by atoms with Crippen molar-refractivity contribution in [1.29, 1.82) is 5.26 Å². The van der Waals surface area contributed by atoms with Gasteiger partial charge in [0.15, 0.2) is 0 Å². The first-order valence-corrected chi connectivity index (χ1v) is 9.93. The Morgan fingerprint density at radius 1 is 1.19 bits per heavy atom. The molecule has 0 unspecified atom stereocenters. The zero-order valence-corrected chi connectivity index (χ0v) is 15.6. The summed E-state index contributed by atoms with van der Waals surface area (Å²) in [5.41, 5.74) is 3.00. The molecule has 1 amide bonds. The van der Waals surface area contributed by atoms with E-state index in [2.05, 4.69) is 5.32 Å². The number of amides is 1. The van der Waals surface area contributed by atoms with Crippen LogP contribution in [0.1, 0.15) is 23.1 Å². The lowest BCUT2D eigenvalue weighted by Crippen LogP contribution is -2.32. The molecule has 136 valence electrons. The molecule has 7 heteroatoms. The van der Waals surface area contributed by atoms with E-state index < -0.39 is 10.0 Å². The molecule has 0 aliphatic heterocycles. The largest absolute Gasteiger partial charge is 0.326 e. The number of nitriles is 1. The standard InChI is InChI=1S/C19H21N3O3S/c1-15-4-3-5-17(12-15)14-22(26(2,24)25)11-10-19(23)21-18-8-6-16(13-20)7-9-18/h3-9,12H,10-11,14H2,1-2H3,(H,21,23). The maximum absolute atomic E-state index is 12.1. The number of sulfonamides is 1. The van der Waals surface area contributed by atoms with Gasteiger partial charge in [-0.3, -0.25) is 4.79 Å². The summed E-state index contributed by atoms with van der Waals surface area (Å²) in [7, 11) is -3.44. The number of benzene rings is 2. The molecule has 0 saturated heterocycles. The molecule has 0 aliphatic carbocycles. The smallest absolute Gasteiger partial charge is 0.225 e. The van der Waals surface area contributed by atoms with E-state index in [4.69, 9.17) is 5.26 Å². The summed E-state index contributed by atoms with van der Waals surface area (Å²) in [6.07, 6.45) is 1.18. The van der Waals surface area contributed by atoms with Gasteiger partial charge in [-0.25, -0.2) is 8.42 Å². The summed E-state index contributed by atoms with van der Waals surface area (Å²) in [4.78, 5) is 12.1. The highest BCUT2D eigenvalue weighted by Gasteiger charge is 2.18. The first-order chi connectivity index (χ1) is 12.3. The second kappa shape index (κ2) is 8.61. The van der Waals surface area contributed by atoms with Gasteiger partial charge in [0.05, 0.1) is 17.9 Å². The molecule has 0 fully saturated rings. The number of aryl methyl sites for hydroxylation is 1. The third kappa shape index (κ3) is 5.99. The maximum Gasteiger partial charge on any atom is 0.225 e. The van der Waals surface area contributed by atoms with Crippen molar-refractivity contribution in [3.63, 3.8) is 0 Å². The molecule has 0 spiro atoms. The highest BCUT2D eigenvalue weighted by molar-refractivity contribution is 7.88. The molecule has 2 aromatic carbocycles. The van der Waals surface area contributed by atoms with Crippen LogP contribution in [0.5, 0.6) is 0 Å². The van der Waals surface area contributed by atoms with Gasteiger partial charge in [0, 0.05) is 25.2 Å². The minimum absolute atomic E-state index is 0.0406. The van der Waals surface area contributed by atoms with Crippen molar-refractivity contribution in [2.45, 2.75) is 19.9 Å². The Balaban J connectivity index is 1.98. The van der Waals surface area contributed by atoms with Gasteiger partial charge in [0.2, 0.25) is 15.9 Å². The highest BCUT2D eigenvalue weighted by atomic mass is 32.2. The summed E-state index contributed by atoms with van der Waals surface area (Å²) in [5, 5.41) is 11.5. The van der Waals surface area contributed by atoms with Crippen molar-refractivity contribution in [2.75, 3.05) is 18.1 Å². The molecule has 26 heavy (non-hydrogen) atoms. The molecule has 0 heterocycles. The van der Waals surface area contributed by atoms with Crippen LogP contribution in [0, 0.1) is 18.3 Å². The van der Waals surface area contributed by atoms with Gasteiger partial charge in [-0.2, -0.15) is 9.57 Å². The van der Waals surface area contributed by atoms with E-state index in [-0.39, 0.29) is 25.4 Å². The van der Waals surface area contributed by atoms with E-state index in [1.807, 2.05) is 37.3 Å². The lowest BCUT2D eigenvalue weighted by Gasteiger charge is -2.20. The Bertz CT molecular complexity index is 916. The minimum Gasteiger partial charge on any atom is -0.326 e. The van der Waals surface area contributed by atoms with Crippen LogP contribution in [0.25, 0.3) is 0 Å². The van der Waals surface area contributed by atoms with E-state index in [0.717, 1.165) is 17.4 Å². The molecule has 0 aliphatic rings. The predicted molar refractivity (Wildman–Crippen MR) is 101 cm³/mol. The van der Waals surface area contributed by atoms with E-state index in [0.29, 0.717) is 11.3 Å². The van der Waals surface area contributed by atoms with Crippen molar-refractivity contribution in [3.05, 3.63) is 65.2 Å². The fourth-order valence-electron chi connectivity index (χ4n) is 2.45.